The lowest BCUT2D eigenvalue weighted by Gasteiger charge is -2.11. The molecule has 0 radical (unpaired) electrons. The first kappa shape index (κ1) is 14.4. The quantitative estimate of drug-likeness (QED) is 0.593. The van der Waals surface area contributed by atoms with Gasteiger partial charge in [0.25, 0.3) is 5.69 Å². The molecule has 6 heteroatoms. The van der Waals surface area contributed by atoms with Crippen LogP contribution >= 0.6 is 27.7 Å². The smallest absolute Gasteiger partial charge is 0.274 e. The fourth-order valence-corrected chi connectivity index (χ4v) is 3.95. The summed E-state index contributed by atoms with van der Waals surface area (Å²) in [6.45, 7) is 0.535. The van der Waals surface area contributed by atoms with Crippen molar-refractivity contribution in [2.24, 2.45) is 0 Å². The Hall–Kier alpha value is -1.53. The van der Waals surface area contributed by atoms with Gasteiger partial charge in [-0.3, -0.25) is 10.1 Å². The van der Waals surface area contributed by atoms with Crippen LogP contribution in [-0.2, 0) is 6.42 Å². The van der Waals surface area contributed by atoms with Gasteiger partial charge in [-0.15, -0.1) is 11.8 Å². The number of fused-ring (bicyclic) bond motifs is 1. The second kappa shape index (κ2) is 6.07. The number of hydrogen-bond donors (Lipinski definition) is 0. The van der Waals surface area contributed by atoms with E-state index in [0.717, 1.165) is 6.42 Å². The second-order valence-electron chi connectivity index (χ2n) is 4.76. The number of nitro groups is 1. The van der Waals surface area contributed by atoms with Gasteiger partial charge in [0.1, 0.15) is 12.4 Å². The van der Waals surface area contributed by atoms with Gasteiger partial charge >= 0.3 is 0 Å². The molecule has 21 heavy (non-hydrogen) atoms. The summed E-state index contributed by atoms with van der Waals surface area (Å²) < 4.78 is 6.38. The van der Waals surface area contributed by atoms with Gasteiger partial charge in [-0.2, -0.15) is 0 Å². The van der Waals surface area contributed by atoms with Crippen LogP contribution in [0.1, 0.15) is 5.56 Å². The van der Waals surface area contributed by atoms with Crippen LogP contribution in [0.2, 0.25) is 0 Å². The van der Waals surface area contributed by atoms with E-state index in [1.807, 2.05) is 12.1 Å². The van der Waals surface area contributed by atoms with Gasteiger partial charge in [-0.25, -0.2) is 0 Å². The largest absolute Gasteiger partial charge is 0.492 e. The van der Waals surface area contributed by atoms with Crippen LogP contribution in [0, 0.1) is 10.1 Å². The Bertz CT molecular complexity index is 667. The molecule has 0 spiro atoms. The number of ether oxygens (including phenoxy) is 1. The molecule has 2 aromatic carbocycles. The lowest BCUT2D eigenvalue weighted by atomic mass is 10.1. The highest BCUT2D eigenvalue weighted by atomic mass is 79.9. The van der Waals surface area contributed by atoms with E-state index in [0.29, 0.717) is 22.1 Å². The SMILES string of the molecule is O=[N+]([O-])c1cc(Br)cc(OCC2Cc3ccccc3S2)c1. The molecule has 1 unspecified atom stereocenters. The molecule has 1 aliphatic rings. The fourth-order valence-electron chi connectivity index (χ4n) is 2.27. The van der Waals surface area contributed by atoms with E-state index in [-0.39, 0.29) is 5.69 Å². The van der Waals surface area contributed by atoms with Crippen molar-refractivity contribution in [3.63, 3.8) is 0 Å². The molecule has 0 saturated carbocycles. The summed E-state index contributed by atoms with van der Waals surface area (Å²) in [5, 5.41) is 11.2. The minimum atomic E-state index is -0.419. The normalized spacial score (nSPS) is 16.5. The van der Waals surface area contributed by atoms with Crippen molar-refractivity contribution in [1.82, 2.24) is 0 Å². The molecular weight excluding hydrogens is 354 g/mol. The van der Waals surface area contributed by atoms with Crippen molar-refractivity contribution in [2.75, 3.05) is 6.61 Å². The first-order chi connectivity index (χ1) is 10.1. The third-order valence-corrected chi connectivity index (χ3v) is 4.96. The van der Waals surface area contributed by atoms with Crippen LogP contribution in [0.5, 0.6) is 5.75 Å². The molecule has 0 amide bonds. The van der Waals surface area contributed by atoms with Crippen molar-refractivity contribution in [1.29, 1.82) is 0 Å². The summed E-state index contributed by atoms with van der Waals surface area (Å²) in [7, 11) is 0. The van der Waals surface area contributed by atoms with Gasteiger partial charge < -0.3 is 4.74 Å². The minimum absolute atomic E-state index is 0.0294. The summed E-state index contributed by atoms with van der Waals surface area (Å²) in [5.74, 6) is 0.521. The van der Waals surface area contributed by atoms with Crippen LogP contribution in [0.3, 0.4) is 0 Å². The fraction of sp³-hybridized carbons (Fsp3) is 0.200. The Kier molecular flexibility index (Phi) is 4.17. The third kappa shape index (κ3) is 3.39. The molecular formula is C15H12BrNO3S. The first-order valence-corrected chi connectivity index (χ1v) is 8.11. The van der Waals surface area contributed by atoms with Crippen LogP contribution in [0.4, 0.5) is 5.69 Å². The average molecular weight is 366 g/mol. The van der Waals surface area contributed by atoms with Crippen LogP contribution in [-0.4, -0.2) is 16.8 Å². The molecule has 0 bridgehead atoms. The maximum absolute atomic E-state index is 10.8. The number of rotatable bonds is 4. The zero-order valence-corrected chi connectivity index (χ0v) is 13.4. The molecule has 0 saturated heterocycles. The molecule has 0 aromatic heterocycles. The molecule has 0 fully saturated rings. The standard InChI is InChI=1S/C15H12BrNO3S/c16-11-6-12(17(18)19)8-13(7-11)20-9-14-5-10-3-1-2-4-15(10)21-14/h1-4,6-8,14H,5,9H2. The van der Waals surface area contributed by atoms with E-state index in [1.54, 1.807) is 17.8 Å². The number of thioether (sulfide) groups is 1. The minimum Gasteiger partial charge on any atom is -0.492 e. The van der Waals surface area contributed by atoms with E-state index in [4.69, 9.17) is 4.74 Å². The number of nitrogens with zero attached hydrogens (tertiary/aromatic N) is 1. The van der Waals surface area contributed by atoms with E-state index in [2.05, 4.69) is 28.1 Å². The topological polar surface area (TPSA) is 52.4 Å². The molecule has 0 N–H and O–H groups in total. The summed E-state index contributed by atoms with van der Waals surface area (Å²) in [5.41, 5.74) is 1.37. The van der Waals surface area contributed by atoms with Gasteiger partial charge in [0.05, 0.1) is 11.0 Å². The average Bonchev–Trinajstić information content (AvgIpc) is 2.87. The number of nitro benzene ring substituents is 1. The predicted molar refractivity (Wildman–Crippen MR) is 86.1 cm³/mol. The number of halogens is 1. The molecule has 1 atom stereocenters. The Morgan fingerprint density at radius 2 is 2.14 bits per heavy atom. The van der Waals surface area contributed by atoms with Gasteiger partial charge in [0.2, 0.25) is 0 Å². The lowest BCUT2D eigenvalue weighted by Crippen LogP contribution is -2.13. The summed E-state index contributed by atoms with van der Waals surface area (Å²) in [6.07, 6.45) is 0.969. The molecule has 0 aliphatic carbocycles. The summed E-state index contributed by atoms with van der Waals surface area (Å²) in [4.78, 5) is 11.7. The predicted octanol–water partition coefficient (Wildman–Crippen LogP) is 4.45. The van der Waals surface area contributed by atoms with Crippen LogP contribution in [0.25, 0.3) is 0 Å². The van der Waals surface area contributed by atoms with E-state index in [9.17, 15) is 10.1 Å². The molecule has 3 rings (SSSR count). The van der Waals surface area contributed by atoms with Gasteiger partial charge in [0.15, 0.2) is 0 Å². The molecule has 1 heterocycles. The van der Waals surface area contributed by atoms with Crippen molar-refractivity contribution in [3.8, 4) is 5.75 Å². The van der Waals surface area contributed by atoms with E-state index < -0.39 is 4.92 Å². The summed E-state index contributed by atoms with van der Waals surface area (Å²) >= 11 is 5.07. The van der Waals surface area contributed by atoms with Crippen LogP contribution < -0.4 is 4.74 Å². The first-order valence-electron chi connectivity index (χ1n) is 6.44. The maximum Gasteiger partial charge on any atom is 0.274 e. The summed E-state index contributed by atoms with van der Waals surface area (Å²) in [6, 6.07) is 13.0. The van der Waals surface area contributed by atoms with Gasteiger partial charge in [-0.05, 0) is 24.1 Å². The number of benzene rings is 2. The van der Waals surface area contributed by atoms with Crippen molar-refractivity contribution in [2.45, 2.75) is 16.6 Å². The van der Waals surface area contributed by atoms with Crippen molar-refractivity contribution in [3.05, 3.63) is 62.6 Å². The zero-order chi connectivity index (χ0) is 14.8. The third-order valence-electron chi connectivity index (χ3n) is 3.22. The molecule has 1 aliphatic heterocycles. The highest BCUT2D eigenvalue weighted by Crippen LogP contribution is 2.37. The lowest BCUT2D eigenvalue weighted by molar-refractivity contribution is -0.385. The highest BCUT2D eigenvalue weighted by Gasteiger charge is 2.22. The Morgan fingerprint density at radius 1 is 1.33 bits per heavy atom. The molecule has 2 aromatic rings. The maximum atomic E-state index is 10.8. The van der Waals surface area contributed by atoms with Crippen molar-refractivity contribution < 1.29 is 9.66 Å². The Balaban J connectivity index is 1.65. The highest BCUT2D eigenvalue weighted by molar-refractivity contribution is 9.10. The Morgan fingerprint density at radius 3 is 2.90 bits per heavy atom. The van der Waals surface area contributed by atoms with Gasteiger partial charge in [-0.1, -0.05) is 34.1 Å². The number of hydrogen-bond acceptors (Lipinski definition) is 4. The van der Waals surface area contributed by atoms with E-state index in [1.165, 1.54) is 22.6 Å². The van der Waals surface area contributed by atoms with E-state index >= 15 is 0 Å². The zero-order valence-electron chi connectivity index (χ0n) is 11.0. The second-order valence-corrected chi connectivity index (χ2v) is 7.02. The van der Waals surface area contributed by atoms with Crippen LogP contribution in [0.15, 0.2) is 51.8 Å². The van der Waals surface area contributed by atoms with Gasteiger partial charge in [0, 0.05) is 20.7 Å². The monoisotopic (exact) mass is 365 g/mol. The van der Waals surface area contributed by atoms with Crippen molar-refractivity contribution >= 4 is 33.4 Å². The number of non-ortho nitro benzene ring substituents is 1. The Labute approximate surface area is 134 Å². The molecule has 108 valence electrons. The molecule has 4 nitrogen and oxygen atoms in total.